The maximum absolute atomic E-state index is 12.5. The van der Waals surface area contributed by atoms with Crippen molar-refractivity contribution < 1.29 is 18.0 Å². The van der Waals surface area contributed by atoms with Crippen LogP contribution in [-0.2, 0) is 26.2 Å². The van der Waals surface area contributed by atoms with E-state index < -0.39 is 7.60 Å². The van der Waals surface area contributed by atoms with Crippen molar-refractivity contribution in [3.8, 4) is 0 Å². The van der Waals surface area contributed by atoms with Gasteiger partial charge in [-0.2, -0.15) is 0 Å². The van der Waals surface area contributed by atoms with Crippen LogP contribution in [0.3, 0.4) is 0 Å². The van der Waals surface area contributed by atoms with Crippen LogP contribution in [0.15, 0.2) is 4.42 Å². The minimum Gasteiger partial charge on any atom is -0.425 e. The monoisotopic (exact) mass is 458 g/mol. The predicted octanol–water partition coefficient (Wildman–Crippen LogP) is 8.25. The zero-order valence-electron chi connectivity index (χ0n) is 20.4. The minimum atomic E-state index is -3.19. The minimum absolute atomic E-state index is 0.0422. The van der Waals surface area contributed by atoms with Gasteiger partial charge in [0.2, 0.25) is 11.8 Å². The number of rotatable bonds is 22. The fourth-order valence-corrected chi connectivity index (χ4v) is 5.29. The van der Waals surface area contributed by atoms with Crippen molar-refractivity contribution >= 4 is 7.60 Å². The van der Waals surface area contributed by atoms with E-state index in [9.17, 15) is 4.57 Å². The molecule has 0 aliphatic rings. The smallest absolute Gasteiger partial charge is 0.339 e. The number of unbranched alkanes of at least 4 members (excludes halogenated alkanes) is 14. The lowest BCUT2D eigenvalue weighted by Crippen LogP contribution is -1.99. The highest BCUT2D eigenvalue weighted by molar-refractivity contribution is 7.52. The molecule has 31 heavy (non-hydrogen) atoms. The van der Waals surface area contributed by atoms with E-state index in [2.05, 4.69) is 17.1 Å². The van der Waals surface area contributed by atoms with Gasteiger partial charge in [0.1, 0.15) is 6.16 Å². The summed E-state index contributed by atoms with van der Waals surface area (Å²) in [5.41, 5.74) is 0. The Morgan fingerprint density at radius 2 is 1.06 bits per heavy atom. The van der Waals surface area contributed by atoms with Crippen LogP contribution in [0, 0.1) is 0 Å². The van der Waals surface area contributed by atoms with E-state index in [1.54, 1.807) is 13.8 Å². The van der Waals surface area contributed by atoms with Crippen molar-refractivity contribution in [2.45, 2.75) is 130 Å². The summed E-state index contributed by atoms with van der Waals surface area (Å²) in [6.45, 7) is 6.52. The van der Waals surface area contributed by atoms with E-state index in [1.165, 1.54) is 89.9 Å². The van der Waals surface area contributed by atoms with Crippen LogP contribution in [0.4, 0.5) is 0 Å². The molecule has 0 aromatic carbocycles. The maximum atomic E-state index is 12.5. The summed E-state index contributed by atoms with van der Waals surface area (Å²) in [7, 11) is -3.19. The van der Waals surface area contributed by atoms with E-state index in [0.717, 1.165) is 12.8 Å². The van der Waals surface area contributed by atoms with Gasteiger partial charge < -0.3 is 13.5 Å². The highest BCUT2D eigenvalue weighted by Crippen LogP contribution is 2.50. The topological polar surface area (TPSA) is 74.5 Å². The third-order valence-electron chi connectivity index (χ3n) is 5.48. The summed E-state index contributed by atoms with van der Waals surface area (Å²) in [5, 5.41) is 8.08. The van der Waals surface area contributed by atoms with Gasteiger partial charge in [-0.25, -0.2) is 0 Å². The van der Waals surface area contributed by atoms with Crippen molar-refractivity contribution in [3.63, 3.8) is 0 Å². The van der Waals surface area contributed by atoms with Gasteiger partial charge in [0.05, 0.1) is 13.2 Å². The van der Waals surface area contributed by atoms with Gasteiger partial charge >= 0.3 is 7.60 Å². The Hall–Kier alpha value is -0.710. The van der Waals surface area contributed by atoms with Crippen LogP contribution in [-0.4, -0.2) is 23.4 Å². The van der Waals surface area contributed by atoms with E-state index >= 15 is 0 Å². The Labute approximate surface area is 190 Å². The highest BCUT2D eigenvalue weighted by atomic mass is 31.2. The quantitative estimate of drug-likeness (QED) is 0.129. The second kappa shape index (κ2) is 18.8. The molecule has 0 aliphatic heterocycles. The molecule has 0 radical (unpaired) electrons. The van der Waals surface area contributed by atoms with E-state index in [0.29, 0.717) is 25.0 Å². The molecule has 7 heteroatoms. The fourth-order valence-electron chi connectivity index (χ4n) is 3.79. The summed E-state index contributed by atoms with van der Waals surface area (Å²) in [6, 6.07) is 0. The van der Waals surface area contributed by atoms with Crippen LogP contribution in [0.25, 0.3) is 0 Å². The normalized spacial score (nSPS) is 12.0. The first-order chi connectivity index (χ1) is 15.1. The Bertz CT molecular complexity index is 570. The van der Waals surface area contributed by atoms with Crippen LogP contribution >= 0.6 is 7.60 Å². The lowest BCUT2D eigenvalue weighted by atomic mass is 10.0. The van der Waals surface area contributed by atoms with E-state index in [4.69, 9.17) is 13.5 Å². The molecular weight excluding hydrogens is 411 g/mol. The predicted molar refractivity (Wildman–Crippen MR) is 127 cm³/mol. The highest BCUT2D eigenvalue weighted by Gasteiger charge is 2.27. The van der Waals surface area contributed by atoms with Crippen LogP contribution in [0.1, 0.15) is 129 Å². The summed E-state index contributed by atoms with van der Waals surface area (Å²) in [4.78, 5) is 0. The average molecular weight is 459 g/mol. The zero-order valence-corrected chi connectivity index (χ0v) is 21.3. The summed E-state index contributed by atoms with van der Waals surface area (Å²) in [6.07, 6.45) is 21.1. The van der Waals surface area contributed by atoms with Crippen molar-refractivity contribution in [2.75, 3.05) is 13.2 Å². The summed E-state index contributed by atoms with van der Waals surface area (Å²) in [5.74, 6) is 0.949. The molecule has 0 spiro atoms. The second-order valence-corrected chi connectivity index (χ2v) is 10.4. The molecule has 182 valence electrons. The molecule has 0 saturated heterocycles. The number of aromatic nitrogens is 2. The Morgan fingerprint density at radius 1 is 0.645 bits per heavy atom. The molecule has 1 aromatic heterocycles. The van der Waals surface area contributed by atoms with Gasteiger partial charge in [0.15, 0.2) is 0 Å². The molecule has 0 aliphatic carbocycles. The molecule has 0 atom stereocenters. The van der Waals surface area contributed by atoms with Gasteiger partial charge in [0.25, 0.3) is 0 Å². The number of nitrogens with zero attached hydrogens (tertiary/aromatic N) is 2. The number of hydrogen-bond acceptors (Lipinski definition) is 6. The first kappa shape index (κ1) is 28.3. The summed E-state index contributed by atoms with van der Waals surface area (Å²) >= 11 is 0. The van der Waals surface area contributed by atoms with Gasteiger partial charge in [0, 0.05) is 6.42 Å². The largest absolute Gasteiger partial charge is 0.425 e. The third-order valence-corrected chi connectivity index (χ3v) is 7.44. The molecule has 0 unspecified atom stereocenters. The van der Waals surface area contributed by atoms with Crippen molar-refractivity contribution in [3.05, 3.63) is 11.8 Å². The molecule has 0 N–H and O–H groups in total. The van der Waals surface area contributed by atoms with E-state index in [-0.39, 0.29) is 6.16 Å². The molecule has 1 heterocycles. The fraction of sp³-hybridized carbons (Fsp3) is 0.917. The maximum Gasteiger partial charge on any atom is 0.339 e. The van der Waals surface area contributed by atoms with Crippen LogP contribution < -0.4 is 0 Å². The van der Waals surface area contributed by atoms with Gasteiger partial charge in [-0.15, -0.1) is 10.2 Å². The van der Waals surface area contributed by atoms with Gasteiger partial charge in [-0.1, -0.05) is 96.8 Å². The molecule has 6 nitrogen and oxygen atoms in total. The second-order valence-electron chi connectivity index (χ2n) is 8.39. The van der Waals surface area contributed by atoms with Crippen LogP contribution in [0.2, 0.25) is 0 Å². The molecule has 1 aromatic rings. The summed E-state index contributed by atoms with van der Waals surface area (Å²) < 4.78 is 28.7. The number of aryl methyl sites for hydroxylation is 1. The first-order valence-electron chi connectivity index (χ1n) is 12.8. The zero-order chi connectivity index (χ0) is 22.6. The Kier molecular flexibility index (Phi) is 17.2. The van der Waals surface area contributed by atoms with E-state index in [1.807, 2.05) is 0 Å². The lowest BCUT2D eigenvalue weighted by Gasteiger charge is -2.14. The third kappa shape index (κ3) is 14.9. The molecule has 0 bridgehead atoms. The average Bonchev–Trinajstić information content (AvgIpc) is 3.18. The molecule has 0 saturated carbocycles. The van der Waals surface area contributed by atoms with Gasteiger partial charge in [-0.05, 0) is 20.3 Å². The van der Waals surface area contributed by atoms with Crippen molar-refractivity contribution in [1.29, 1.82) is 0 Å². The van der Waals surface area contributed by atoms with Crippen molar-refractivity contribution in [1.82, 2.24) is 10.2 Å². The van der Waals surface area contributed by atoms with Gasteiger partial charge in [-0.3, -0.25) is 4.57 Å². The SMILES string of the molecule is CCCCCCCCCCCCCCCCCc1nnc(CP(=O)(OCC)OCC)o1. The van der Waals surface area contributed by atoms with Crippen LogP contribution in [0.5, 0.6) is 0 Å². The molecule has 0 fully saturated rings. The van der Waals surface area contributed by atoms with Crippen molar-refractivity contribution in [2.24, 2.45) is 0 Å². The standard InChI is InChI=1S/C24H47N2O4P/c1-4-7-8-9-10-11-12-13-14-15-16-17-18-19-20-21-23-25-26-24(30-23)22-31(27,28-5-2)29-6-3/h4-22H2,1-3H3. The molecule has 1 rings (SSSR count). The lowest BCUT2D eigenvalue weighted by molar-refractivity contribution is 0.216. The Morgan fingerprint density at radius 3 is 1.52 bits per heavy atom. The molecule has 0 amide bonds. The first-order valence-corrected chi connectivity index (χ1v) is 14.6. The molecular formula is C24H47N2O4P. The Balaban J connectivity index is 1.99. The number of hydrogen-bond donors (Lipinski definition) is 0.